The maximum absolute atomic E-state index is 12.4. The Morgan fingerprint density at radius 2 is 1.95 bits per heavy atom. The van der Waals surface area contributed by atoms with E-state index >= 15 is 0 Å². The van der Waals surface area contributed by atoms with Gasteiger partial charge in [-0.25, -0.2) is 0 Å². The zero-order chi connectivity index (χ0) is 15.1. The van der Waals surface area contributed by atoms with Crippen LogP contribution in [0, 0.1) is 5.92 Å². The lowest BCUT2D eigenvalue weighted by molar-refractivity contribution is -0.139. The van der Waals surface area contributed by atoms with Crippen LogP contribution in [0.5, 0.6) is 5.75 Å². The molecule has 0 aromatic heterocycles. The van der Waals surface area contributed by atoms with E-state index in [1.54, 1.807) is 7.11 Å². The first kappa shape index (κ1) is 15.8. The van der Waals surface area contributed by atoms with Gasteiger partial charge >= 0.3 is 0 Å². The Morgan fingerprint density at radius 1 is 1.29 bits per heavy atom. The molecule has 4 nitrogen and oxygen atoms in total. The van der Waals surface area contributed by atoms with Crippen molar-refractivity contribution in [3.63, 3.8) is 0 Å². The zero-order valence-electron chi connectivity index (χ0n) is 13.0. The summed E-state index contributed by atoms with van der Waals surface area (Å²) in [4.78, 5) is 14.3. The molecule has 1 heterocycles. The predicted octanol–water partition coefficient (Wildman–Crippen LogP) is 2.73. The van der Waals surface area contributed by atoms with Crippen molar-refractivity contribution >= 4 is 5.91 Å². The van der Waals surface area contributed by atoms with Crippen molar-refractivity contribution in [2.24, 2.45) is 5.92 Å². The molecule has 0 unspecified atom stereocenters. The number of piperidine rings is 1. The van der Waals surface area contributed by atoms with Gasteiger partial charge in [0.15, 0.2) is 6.10 Å². The molecule has 2 rings (SSSR count). The molecule has 21 heavy (non-hydrogen) atoms. The van der Waals surface area contributed by atoms with Crippen molar-refractivity contribution in [2.45, 2.75) is 32.3 Å². The minimum absolute atomic E-state index is 0.0871. The average Bonchev–Trinajstić information content (AvgIpc) is 2.53. The molecule has 1 amide bonds. The maximum Gasteiger partial charge on any atom is 0.263 e. The first-order valence-corrected chi connectivity index (χ1v) is 7.70. The number of carbonyl (C=O) groups is 1. The summed E-state index contributed by atoms with van der Waals surface area (Å²) in [5.74, 6) is 1.51. The topological polar surface area (TPSA) is 38.8 Å². The number of hydrogen-bond donors (Lipinski definition) is 0. The van der Waals surface area contributed by atoms with Gasteiger partial charge < -0.3 is 14.4 Å². The number of hydrogen-bond acceptors (Lipinski definition) is 3. The summed E-state index contributed by atoms with van der Waals surface area (Å²) in [6.07, 6.45) is 2.79. The molecule has 0 radical (unpaired) electrons. The summed E-state index contributed by atoms with van der Waals surface area (Å²) in [5, 5.41) is 0. The Kier molecular flexibility index (Phi) is 6.05. The van der Waals surface area contributed by atoms with Crippen molar-refractivity contribution in [3.05, 3.63) is 30.3 Å². The van der Waals surface area contributed by atoms with E-state index in [1.165, 1.54) is 0 Å². The first-order valence-electron chi connectivity index (χ1n) is 7.70. The fraction of sp³-hybridized carbons (Fsp3) is 0.588. The third-order valence-electron chi connectivity index (χ3n) is 4.06. The third-order valence-corrected chi connectivity index (χ3v) is 4.06. The Balaban J connectivity index is 1.78. The van der Waals surface area contributed by atoms with Crippen molar-refractivity contribution in [2.75, 3.05) is 26.8 Å². The van der Waals surface area contributed by atoms with Crippen LogP contribution in [0.3, 0.4) is 0 Å². The second kappa shape index (κ2) is 8.03. The molecule has 1 atom stereocenters. The second-order valence-electron chi connectivity index (χ2n) is 5.62. The summed E-state index contributed by atoms with van der Waals surface area (Å²) in [6, 6.07) is 9.51. The molecular formula is C17H25NO3. The number of methoxy groups -OCH3 is 1. The largest absolute Gasteiger partial charge is 0.481 e. The Bertz CT molecular complexity index is 427. The van der Waals surface area contributed by atoms with Crippen LogP contribution in [-0.4, -0.2) is 43.7 Å². The van der Waals surface area contributed by atoms with Crippen LogP contribution in [0.25, 0.3) is 0 Å². The van der Waals surface area contributed by atoms with Gasteiger partial charge in [0.05, 0.1) is 0 Å². The summed E-state index contributed by atoms with van der Waals surface area (Å²) >= 11 is 0. The molecule has 0 spiro atoms. The highest BCUT2D eigenvalue weighted by Gasteiger charge is 2.26. The van der Waals surface area contributed by atoms with Crippen LogP contribution < -0.4 is 4.74 Å². The quantitative estimate of drug-likeness (QED) is 0.809. The molecule has 1 aliphatic rings. The Hall–Kier alpha value is -1.55. The van der Waals surface area contributed by atoms with Crippen molar-refractivity contribution in [1.29, 1.82) is 0 Å². The second-order valence-corrected chi connectivity index (χ2v) is 5.62. The number of para-hydroxylation sites is 1. The van der Waals surface area contributed by atoms with E-state index in [0.29, 0.717) is 5.92 Å². The molecule has 1 aromatic rings. The molecule has 1 aliphatic heterocycles. The van der Waals surface area contributed by atoms with Gasteiger partial charge in [-0.2, -0.15) is 0 Å². The van der Waals surface area contributed by atoms with E-state index in [9.17, 15) is 4.79 Å². The molecule has 0 aliphatic carbocycles. The van der Waals surface area contributed by atoms with Crippen LogP contribution >= 0.6 is 0 Å². The minimum atomic E-state index is -0.428. The molecule has 1 saturated heterocycles. The number of benzene rings is 1. The van der Waals surface area contributed by atoms with Crippen molar-refractivity contribution in [3.8, 4) is 5.75 Å². The molecular weight excluding hydrogens is 266 g/mol. The fourth-order valence-electron chi connectivity index (χ4n) is 2.74. The van der Waals surface area contributed by atoms with Crippen molar-refractivity contribution in [1.82, 2.24) is 4.90 Å². The average molecular weight is 291 g/mol. The Morgan fingerprint density at radius 3 is 2.57 bits per heavy atom. The zero-order valence-corrected chi connectivity index (χ0v) is 13.0. The monoisotopic (exact) mass is 291 g/mol. The standard InChI is InChI=1S/C17H25NO3/c1-14(21-16-6-4-3-5-7-16)17(19)18-11-8-15(9-12-18)10-13-20-2/h3-7,14-15H,8-13H2,1-2H3/t14-/m1/s1. The lowest BCUT2D eigenvalue weighted by atomic mass is 9.94. The highest BCUT2D eigenvalue weighted by Crippen LogP contribution is 2.21. The number of nitrogens with zero attached hydrogens (tertiary/aromatic N) is 1. The van der Waals surface area contributed by atoms with Crippen molar-refractivity contribution < 1.29 is 14.3 Å². The van der Waals surface area contributed by atoms with E-state index < -0.39 is 6.10 Å². The predicted molar refractivity (Wildman–Crippen MR) is 82.3 cm³/mol. The number of likely N-dealkylation sites (tertiary alicyclic amines) is 1. The Labute approximate surface area is 127 Å². The van der Waals surface area contributed by atoms with Crippen LogP contribution in [0.15, 0.2) is 30.3 Å². The molecule has 1 aromatic carbocycles. The van der Waals surface area contributed by atoms with Crippen LogP contribution in [-0.2, 0) is 9.53 Å². The maximum atomic E-state index is 12.4. The van der Waals surface area contributed by atoms with Gasteiger partial charge in [-0.15, -0.1) is 0 Å². The van der Waals surface area contributed by atoms with E-state index in [2.05, 4.69) is 0 Å². The smallest absolute Gasteiger partial charge is 0.263 e. The van der Waals surface area contributed by atoms with Gasteiger partial charge in [-0.05, 0) is 44.2 Å². The lowest BCUT2D eigenvalue weighted by Gasteiger charge is -2.33. The fourth-order valence-corrected chi connectivity index (χ4v) is 2.74. The molecule has 4 heteroatoms. The highest BCUT2D eigenvalue weighted by atomic mass is 16.5. The van der Waals surface area contributed by atoms with Gasteiger partial charge in [0.2, 0.25) is 0 Å². The van der Waals surface area contributed by atoms with Gasteiger partial charge in [-0.1, -0.05) is 18.2 Å². The van der Waals surface area contributed by atoms with Gasteiger partial charge in [0, 0.05) is 26.8 Å². The van der Waals surface area contributed by atoms with E-state index in [1.807, 2.05) is 42.2 Å². The number of rotatable bonds is 6. The summed E-state index contributed by atoms with van der Waals surface area (Å²) in [6.45, 7) is 4.30. The summed E-state index contributed by atoms with van der Waals surface area (Å²) < 4.78 is 10.8. The molecule has 1 fully saturated rings. The van der Waals surface area contributed by atoms with Crippen LogP contribution in [0.4, 0.5) is 0 Å². The summed E-state index contributed by atoms with van der Waals surface area (Å²) in [7, 11) is 1.74. The normalized spacial score (nSPS) is 17.5. The highest BCUT2D eigenvalue weighted by molar-refractivity contribution is 5.81. The molecule has 0 N–H and O–H groups in total. The van der Waals surface area contributed by atoms with Gasteiger partial charge in [-0.3, -0.25) is 4.79 Å². The summed E-state index contributed by atoms with van der Waals surface area (Å²) in [5.41, 5.74) is 0. The first-order chi connectivity index (χ1) is 10.2. The minimum Gasteiger partial charge on any atom is -0.481 e. The number of carbonyl (C=O) groups excluding carboxylic acids is 1. The SMILES string of the molecule is COCCC1CCN(C(=O)[C@@H](C)Oc2ccccc2)CC1. The molecule has 116 valence electrons. The lowest BCUT2D eigenvalue weighted by Crippen LogP contribution is -2.44. The number of amides is 1. The van der Waals surface area contributed by atoms with E-state index in [0.717, 1.165) is 44.7 Å². The number of ether oxygens (including phenoxy) is 2. The van der Waals surface area contributed by atoms with E-state index in [4.69, 9.17) is 9.47 Å². The molecule has 0 saturated carbocycles. The van der Waals surface area contributed by atoms with E-state index in [-0.39, 0.29) is 5.91 Å². The molecule has 0 bridgehead atoms. The third kappa shape index (κ3) is 4.74. The van der Waals surface area contributed by atoms with Gasteiger partial charge in [0.1, 0.15) is 5.75 Å². The van der Waals surface area contributed by atoms with Gasteiger partial charge in [0.25, 0.3) is 5.91 Å². The van der Waals surface area contributed by atoms with Crippen LogP contribution in [0.2, 0.25) is 0 Å². The van der Waals surface area contributed by atoms with Crippen LogP contribution in [0.1, 0.15) is 26.2 Å².